The molecule has 36 heavy (non-hydrogen) atoms. The van der Waals surface area contributed by atoms with Crippen molar-refractivity contribution in [1.82, 2.24) is 9.96 Å². The molecule has 9 heteroatoms. The molecule has 0 spiro atoms. The Bertz CT molecular complexity index is 1270. The van der Waals surface area contributed by atoms with E-state index in [0.717, 1.165) is 5.56 Å². The maximum Gasteiger partial charge on any atom is 0.417 e. The van der Waals surface area contributed by atoms with Crippen LogP contribution in [0.5, 0.6) is 5.75 Å². The van der Waals surface area contributed by atoms with Gasteiger partial charge in [0.1, 0.15) is 18.4 Å². The third-order valence-corrected chi connectivity index (χ3v) is 6.07. The summed E-state index contributed by atoms with van der Waals surface area (Å²) in [6.07, 6.45) is -0.689. The largest absolute Gasteiger partial charge is 0.464 e. The van der Waals surface area contributed by atoms with E-state index in [1.807, 2.05) is 36.4 Å². The minimum atomic E-state index is -0.977. The van der Waals surface area contributed by atoms with Crippen molar-refractivity contribution in [3.8, 4) is 5.75 Å². The number of carbonyl (C=O) groups is 3. The topological polar surface area (TPSA) is 97.4 Å². The van der Waals surface area contributed by atoms with E-state index < -0.39 is 30.2 Å². The van der Waals surface area contributed by atoms with Gasteiger partial charge in [0.15, 0.2) is 6.04 Å². The molecule has 2 aliphatic heterocycles. The van der Waals surface area contributed by atoms with E-state index in [0.29, 0.717) is 16.8 Å². The smallest absolute Gasteiger partial charge is 0.417 e. The van der Waals surface area contributed by atoms with Crippen LogP contribution in [0.15, 0.2) is 78.9 Å². The van der Waals surface area contributed by atoms with Crippen molar-refractivity contribution in [1.29, 1.82) is 0 Å². The van der Waals surface area contributed by atoms with Crippen LogP contribution >= 0.6 is 0 Å². The quantitative estimate of drug-likeness (QED) is 0.480. The van der Waals surface area contributed by atoms with Crippen molar-refractivity contribution in [3.63, 3.8) is 0 Å². The summed E-state index contributed by atoms with van der Waals surface area (Å²) in [5.74, 6) is -0.316. The molecule has 9 nitrogen and oxygen atoms in total. The van der Waals surface area contributed by atoms with Gasteiger partial charge in [-0.25, -0.2) is 14.4 Å². The summed E-state index contributed by atoms with van der Waals surface area (Å²) in [4.78, 5) is 46.4. The molecule has 0 aromatic heterocycles. The van der Waals surface area contributed by atoms with Crippen molar-refractivity contribution in [2.75, 3.05) is 18.5 Å². The molecule has 184 valence electrons. The number of esters is 1. The molecule has 3 aromatic rings. The van der Waals surface area contributed by atoms with Gasteiger partial charge in [0.25, 0.3) is 0 Å². The maximum absolute atomic E-state index is 13.4. The molecule has 2 aliphatic rings. The van der Waals surface area contributed by atoms with Gasteiger partial charge in [-0.1, -0.05) is 60.7 Å². The Labute approximate surface area is 208 Å². The van der Waals surface area contributed by atoms with Crippen molar-refractivity contribution >= 4 is 23.8 Å². The Kier molecular flexibility index (Phi) is 6.55. The number of fused-ring (bicyclic) bond motifs is 4. The fourth-order valence-corrected chi connectivity index (χ4v) is 4.54. The molecule has 1 saturated heterocycles. The molecule has 3 aromatic carbocycles. The Morgan fingerprint density at radius 3 is 2.42 bits per heavy atom. The van der Waals surface area contributed by atoms with Crippen LogP contribution in [0.1, 0.15) is 35.7 Å². The first-order valence-electron chi connectivity index (χ1n) is 11.7. The van der Waals surface area contributed by atoms with E-state index in [1.165, 1.54) is 9.96 Å². The number of nitrogens with zero attached hydrogens (tertiary/aromatic N) is 2. The van der Waals surface area contributed by atoms with Crippen LogP contribution in [0.3, 0.4) is 0 Å². The summed E-state index contributed by atoms with van der Waals surface area (Å²) in [7, 11) is 0. The number of urea groups is 1. The number of hydrogen-bond donors (Lipinski definition) is 1. The summed E-state index contributed by atoms with van der Waals surface area (Å²) in [6.45, 7) is 2.22. The molecule has 5 rings (SSSR count). The highest BCUT2D eigenvalue weighted by molar-refractivity contribution is 5.90. The van der Waals surface area contributed by atoms with Gasteiger partial charge in [-0.3, -0.25) is 10.2 Å². The van der Waals surface area contributed by atoms with E-state index >= 15 is 0 Å². The SMILES string of the molecule is CCOC(=O)[C@H]1c2cccc(OC(=O)Nc3ccccc3)c2[C@@H]2CN1C(=O)N2OCc1ccccc1. The van der Waals surface area contributed by atoms with Crippen molar-refractivity contribution in [2.24, 2.45) is 0 Å². The number of hydrogen-bond acceptors (Lipinski definition) is 6. The van der Waals surface area contributed by atoms with Crippen LogP contribution < -0.4 is 10.1 Å². The molecule has 0 saturated carbocycles. The normalized spacial score (nSPS) is 18.0. The summed E-state index contributed by atoms with van der Waals surface area (Å²) in [5.41, 5.74) is 2.53. The summed E-state index contributed by atoms with van der Waals surface area (Å²) >= 11 is 0. The highest BCUT2D eigenvalue weighted by atomic mass is 16.7. The van der Waals surface area contributed by atoms with Gasteiger partial charge in [-0.05, 0) is 36.2 Å². The Morgan fingerprint density at radius 1 is 0.972 bits per heavy atom. The second-order valence-corrected chi connectivity index (χ2v) is 8.33. The lowest BCUT2D eigenvalue weighted by Gasteiger charge is -2.32. The van der Waals surface area contributed by atoms with E-state index in [9.17, 15) is 14.4 Å². The number of para-hydroxylation sites is 1. The first-order valence-corrected chi connectivity index (χ1v) is 11.7. The first-order chi connectivity index (χ1) is 17.6. The number of rotatable bonds is 7. The number of ether oxygens (including phenoxy) is 2. The highest BCUT2D eigenvalue weighted by Crippen LogP contribution is 2.48. The van der Waals surface area contributed by atoms with Crippen molar-refractivity contribution in [2.45, 2.75) is 25.6 Å². The Morgan fingerprint density at radius 2 is 1.69 bits per heavy atom. The second-order valence-electron chi connectivity index (χ2n) is 8.33. The predicted octanol–water partition coefficient (Wildman–Crippen LogP) is 4.83. The number of carbonyl (C=O) groups excluding carboxylic acids is 3. The summed E-state index contributed by atoms with van der Waals surface area (Å²) in [6, 6.07) is 21.4. The minimum absolute atomic E-state index is 0.161. The first kappa shape index (κ1) is 23.4. The molecule has 1 fully saturated rings. The third kappa shape index (κ3) is 4.48. The number of amides is 3. The molecular formula is C27H25N3O6. The van der Waals surface area contributed by atoms with Gasteiger partial charge in [-0.2, -0.15) is 5.06 Å². The van der Waals surface area contributed by atoms with E-state index in [2.05, 4.69) is 5.32 Å². The average Bonchev–Trinajstić information content (AvgIpc) is 3.15. The molecule has 3 amide bonds. The summed E-state index contributed by atoms with van der Waals surface area (Å²) in [5, 5.41) is 3.94. The lowest BCUT2D eigenvalue weighted by Crippen LogP contribution is -2.39. The Balaban J connectivity index is 1.47. The van der Waals surface area contributed by atoms with E-state index in [4.69, 9.17) is 14.3 Å². The van der Waals surface area contributed by atoms with Gasteiger partial charge in [0, 0.05) is 11.3 Å². The molecule has 0 unspecified atom stereocenters. The molecular weight excluding hydrogens is 462 g/mol. The van der Waals surface area contributed by atoms with Crippen LogP contribution in [-0.2, 0) is 21.0 Å². The standard InChI is InChI=1S/C27H25N3O6/c1-2-34-25(31)24-20-14-9-15-22(36-26(32)28-19-12-7-4-8-13-19)23(20)21-16-29(24)27(33)30(21)35-17-18-10-5-3-6-11-18/h3-15,21,24H,2,16-17H2,1H3,(H,28,32)/t21-,24+/m0/s1. The number of benzene rings is 3. The van der Waals surface area contributed by atoms with Crippen LogP contribution in [0.2, 0.25) is 0 Å². The zero-order valence-electron chi connectivity index (χ0n) is 19.6. The van der Waals surface area contributed by atoms with Gasteiger partial charge in [0.2, 0.25) is 0 Å². The van der Waals surface area contributed by atoms with Crippen LogP contribution in [0.4, 0.5) is 15.3 Å². The van der Waals surface area contributed by atoms with E-state index in [-0.39, 0.29) is 25.5 Å². The fraction of sp³-hybridized carbons (Fsp3) is 0.222. The van der Waals surface area contributed by atoms with Crippen LogP contribution in [0.25, 0.3) is 0 Å². The Hall–Kier alpha value is -4.37. The number of nitrogens with one attached hydrogen (secondary N) is 1. The highest BCUT2D eigenvalue weighted by Gasteiger charge is 2.52. The third-order valence-electron chi connectivity index (χ3n) is 6.07. The zero-order chi connectivity index (χ0) is 25.1. The second kappa shape index (κ2) is 10.1. The van der Waals surface area contributed by atoms with Crippen molar-refractivity contribution < 1.29 is 28.7 Å². The zero-order valence-corrected chi connectivity index (χ0v) is 19.6. The fourth-order valence-electron chi connectivity index (χ4n) is 4.54. The summed E-state index contributed by atoms with van der Waals surface area (Å²) < 4.78 is 11.0. The maximum atomic E-state index is 13.4. The average molecular weight is 488 g/mol. The minimum Gasteiger partial charge on any atom is -0.464 e. The van der Waals surface area contributed by atoms with Crippen LogP contribution in [0, 0.1) is 0 Å². The van der Waals surface area contributed by atoms with Gasteiger partial charge in [0.05, 0.1) is 13.2 Å². The van der Waals surface area contributed by atoms with Gasteiger partial charge >= 0.3 is 18.1 Å². The molecule has 2 bridgehead atoms. The lowest BCUT2D eigenvalue weighted by atomic mass is 9.90. The van der Waals surface area contributed by atoms with Crippen LogP contribution in [-0.4, -0.2) is 41.2 Å². The number of hydroxylamine groups is 2. The molecule has 0 radical (unpaired) electrons. The predicted molar refractivity (Wildman–Crippen MR) is 130 cm³/mol. The molecule has 2 heterocycles. The molecule has 0 aliphatic carbocycles. The monoisotopic (exact) mass is 487 g/mol. The van der Waals surface area contributed by atoms with Crippen molar-refractivity contribution in [3.05, 3.63) is 95.6 Å². The lowest BCUT2D eigenvalue weighted by molar-refractivity contribution is -0.149. The molecule has 2 atom stereocenters. The number of anilines is 1. The van der Waals surface area contributed by atoms with Gasteiger partial charge in [-0.15, -0.1) is 0 Å². The van der Waals surface area contributed by atoms with E-state index in [1.54, 1.807) is 49.4 Å². The molecule has 1 N–H and O–H groups in total. The van der Waals surface area contributed by atoms with Gasteiger partial charge < -0.3 is 14.4 Å².